The molecule has 0 atom stereocenters. The molecule has 0 aliphatic carbocycles. The summed E-state index contributed by atoms with van der Waals surface area (Å²) in [6, 6.07) is 52.1. The Balaban J connectivity index is 1.39. The Kier molecular flexibility index (Phi) is 5.17. The summed E-state index contributed by atoms with van der Waals surface area (Å²) in [5.74, 6) is 0. The maximum absolute atomic E-state index is 15.9. The number of rotatable bonds is 3. The van der Waals surface area contributed by atoms with Gasteiger partial charge in [-0.2, -0.15) is 0 Å². The number of para-hydroxylation sites is 2. The maximum Gasteiger partial charge on any atom is 0.171 e. The number of benzene rings is 7. The van der Waals surface area contributed by atoms with Gasteiger partial charge >= 0.3 is 0 Å². The smallest absolute Gasteiger partial charge is 0.171 e. The van der Waals surface area contributed by atoms with Crippen molar-refractivity contribution in [3.8, 4) is 0 Å². The van der Waals surface area contributed by atoms with Crippen molar-refractivity contribution in [3.05, 3.63) is 152 Å². The second-order valence-corrected chi connectivity index (χ2v) is 13.9. The zero-order valence-corrected chi connectivity index (χ0v) is 24.1. The van der Waals surface area contributed by atoms with E-state index in [-0.39, 0.29) is 0 Å². The molecule has 0 saturated heterocycles. The number of fused-ring (bicyclic) bond motifs is 10. The first-order valence-electron chi connectivity index (χ1n) is 14.5. The number of pyridine rings is 1. The molecule has 0 bridgehead atoms. The van der Waals surface area contributed by atoms with Gasteiger partial charge in [0.15, 0.2) is 7.14 Å². The highest BCUT2D eigenvalue weighted by Gasteiger charge is 2.31. The molecule has 2 heterocycles. The van der Waals surface area contributed by atoms with Gasteiger partial charge in [-0.3, -0.25) is 4.40 Å². The molecule has 0 N–H and O–H groups in total. The van der Waals surface area contributed by atoms with Gasteiger partial charge in [0.2, 0.25) is 0 Å². The second kappa shape index (κ2) is 9.13. The molecule has 202 valence electrons. The van der Waals surface area contributed by atoms with Crippen molar-refractivity contribution in [2.45, 2.75) is 0 Å². The van der Waals surface area contributed by atoms with E-state index in [4.69, 9.17) is 4.98 Å². The summed E-state index contributed by atoms with van der Waals surface area (Å²) in [7, 11) is -3.29. The summed E-state index contributed by atoms with van der Waals surface area (Å²) in [6.45, 7) is 0. The Morgan fingerprint density at radius 3 is 1.67 bits per heavy atom. The van der Waals surface area contributed by atoms with Crippen molar-refractivity contribution >= 4 is 83.0 Å². The van der Waals surface area contributed by atoms with E-state index in [0.29, 0.717) is 0 Å². The highest BCUT2D eigenvalue weighted by Crippen LogP contribution is 2.45. The fourth-order valence-electron chi connectivity index (χ4n) is 6.69. The molecule has 4 heteroatoms. The zero-order valence-electron chi connectivity index (χ0n) is 23.2. The lowest BCUT2D eigenvalue weighted by molar-refractivity contribution is 0.592. The van der Waals surface area contributed by atoms with Gasteiger partial charge in [0.05, 0.1) is 16.6 Å². The van der Waals surface area contributed by atoms with E-state index in [2.05, 4.69) is 114 Å². The van der Waals surface area contributed by atoms with Gasteiger partial charge in [-0.25, -0.2) is 4.98 Å². The van der Waals surface area contributed by atoms with E-state index < -0.39 is 7.14 Å². The predicted octanol–water partition coefficient (Wildman–Crippen LogP) is 8.74. The normalized spacial score (nSPS) is 12.3. The SMILES string of the molecule is O=P(c1ccc2ccccc2c1)(c1ccc2ccccc2c1)c1ccc2c(c1)c1ccccc1c1nc3ccccc3n21. The van der Waals surface area contributed by atoms with Crippen molar-refractivity contribution in [1.82, 2.24) is 9.38 Å². The molecule has 0 saturated carbocycles. The largest absolute Gasteiger partial charge is 0.309 e. The van der Waals surface area contributed by atoms with Crippen LogP contribution in [-0.4, -0.2) is 9.38 Å². The standard InChI is InChI=1S/C39H25N2OP/c42-43(30-19-17-26-9-1-3-11-28(26)23-30,31-20-18-27-10-2-4-12-29(27)24-31)32-21-22-37-35(25-32)33-13-5-6-14-34(33)39-40-36-15-7-8-16-38(36)41(37)39/h1-25H. The van der Waals surface area contributed by atoms with Crippen LogP contribution in [0.5, 0.6) is 0 Å². The number of hydrogen-bond donors (Lipinski definition) is 0. The minimum Gasteiger partial charge on any atom is -0.309 e. The van der Waals surface area contributed by atoms with Crippen LogP contribution in [-0.2, 0) is 4.57 Å². The van der Waals surface area contributed by atoms with Crippen LogP contribution in [0.2, 0.25) is 0 Å². The van der Waals surface area contributed by atoms with Crippen LogP contribution >= 0.6 is 7.14 Å². The lowest BCUT2D eigenvalue weighted by atomic mass is 10.1. The first kappa shape index (κ1) is 24.4. The Bertz CT molecular complexity index is 2530. The summed E-state index contributed by atoms with van der Waals surface area (Å²) in [5.41, 5.74) is 4.01. The second-order valence-electron chi connectivity index (χ2n) is 11.2. The Morgan fingerprint density at radius 2 is 0.977 bits per heavy atom. The summed E-state index contributed by atoms with van der Waals surface area (Å²) in [5, 5.41) is 10.2. The third-order valence-electron chi connectivity index (χ3n) is 8.80. The molecule has 0 aliphatic heterocycles. The number of aromatic nitrogens is 2. The van der Waals surface area contributed by atoms with Gasteiger partial charge in [0, 0.05) is 26.7 Å². The monoisotopic (exact) mass is 568 g/mol. The van der Waals surface area contributed by atoms with Crippen LogP contribution in [0.15, 0.2) is 152 Å². The lowest BCUT2D eigenvalue weighted by Gasteiger charge is -2.22. The number of hydrogen-bond acceptors (Lipinski definition) is 2. The Morgan fingerprint density at radius 1 is 0.442 bits per heavy atom. The van der Waals surface area contributed by atoms with Crippen molar-refractivity contribution in [3.63, 3.8) is 0 Å². The molecule has 9 aromatic rings. The van der Waals surface area contributed by atoms with Crippen LogP contribution in [0.4, 0.5) is 0 Å². The molecule has 0 unspecified atom stereocenters. The third kappa shape index (κ3) is 3.56. The summed E-state index contributed by atoms with van der Waals surface area (Å²) < 4.78 is 18.1. The van der Waals surface area contributed by atoms with E-state index in [9.17, 15) is 0 Å². The number of nitrogens with zero attached hydrogens (tertiary/aromatic N) is 2. The molecule has 0 fully saturated rings. The van der Waals surface area contributed by atoms with Crippen molar-refractivity contribution in [2.24, 2.45) is 0 Å². The molecule has 7 aromatic carbocycles. The van der Waals surface area contributed by atoms with Crippen LogP contribution < -0.4 is 15.9 Å². The van der Waals surface area contributed by atoms with Crippen LogP contribution in [0, 0.1) is 0 Å². The van der Waals surface area contributed by atoms with Crippen LogP contribution in [0.1, 0.15) is 0 Å². The highest BCUT2D eigenvalue weighted by atomic mass is 31.2. The van der Waals surface area contributed by atoms with Crippen LogP contribution in [0.3, 0.4) is 0 Å². The third-order valence-corrected chi connectivity index (χ3v) is 11.8. The highest BCUT2D eigenvalue weighted by molar-refractivity contribution is 7.85. The molecule has 9 rings (SSSR count). The molecule has 2 aromatic heterocycles. The molecule has 43 heavy (non-hydrogen) atoms. The molecule has 0 aliphatic rings. The zero-order chi connectivity index (χ0) is 28.5. The van der Waals surface area contributed by atoms with E-state index in [1.807, 2.05) is 42.5 Å². The van der Waals surface area contributed by atoms with Gasteiger partial charge in [0.1, 0.15) is 5.65 Å². The van der Waals surface area contributed by atoms with Crippen molar-refractivity contribution < 1.29 is 4.57 Å². The molecule has 0 spiro atoms. The summed E-state index contributed by atoms with van der Waals surface area (Å²) >= 11 is 0. The molecule has 3 nitrogen and oxygen atoms in total. The number of imidazole rings is 1. The van der Waals surface area contributed by atoms with Gasteiger partial charge in [-0.1, -0.05) is 109 Å². The topological polar surface area (TPSA) is 34.4 Å². The van der Waals surface area contributed by atoms with E-state index in [1.54, 1.807) is 0 Å². The first-order chi connectivity index (χ1) is 21.2. The lowest BCUT2D eigenvalue weighted by Crippen LogP contribution is -2.25. The van der Waals surface area contributed by atoms with Gasteiger partial charge < -0.3 is 4.57 Å². The summed E-state index contributed by atoms with van der Waals surface area (Å²) in [6.07, 6.45) is 0. The predicted molar refractivity (Wildman–Crippen MR) is 182 cm³/mol. The van der Waals surface area contributed by atoms with Gasteiger partial charge in [-0.05, 0) is 69.4 Å². The molecular formula is C39H25N2OP. The fourth-order valence-corrected chi connectivity index (χ4v) is 9.39. The minimum atomic E-state index is -3.29. The average Bonchev–Trinajstić information content (AvgIpc) is 3.47. The molecule has 0 amide bonds. The van der Waals surface area contributed by atoms with Gasteiger partial charge in [0.25, 0.3) is 0 Å². The Hall–Kier alpha value is -5.24. The summed E-state index contributed by atoms with van der Waals surface area (Å²) in [4.78, 5) is 5.03. The quantitative estimate of drug-likeness (QED) is 0.158. The molecular weight excluding hydrogens is 543 g/mol. The maximum atomic E-state index is 15.9. The van der Waals surface area contributed by atoms with Gasteiger partial charge in [-0.15, -0.1) is 0 Å². The Labute approximate surface area is 248 Å². The van der Waals surface area contributed by atoms with Crippen LogP contribution in [0.25, 0.3) is 59.9 Å². The average molecular weight is 569 g/mol. The first-order valence-corrected chi connectivity index (χ1v) is 16.2. The fraction of sp³-hybridized carbons (Fsp3) is 0. The van der Waals surface area contributed by atoms with Crippen molar-refractivity contribution in [2.75, 3.05) is 0 Å². The van der Waals surface area contributed by atoms with E-state index in [0.717, 1.165) is 75.8 Å². The minimum absolute atomic E-state index is 0.819. The van der Waals surface area contributed by atoms with Crippen molar-refractivity contribution in [1.29, 1.82) is 0 Å². The van der Waals surface area contributed by atoms with E-state index in [1.165, 1.54) is 0 Å². The van der Waals surface area contributed by atoms with E-state index >= 15 is 4.57 Å². The molecule has 0 radical (unpaired) electrons.